The van der Waals surface area contributed by atoms with Crippen molar-refractivity contribution < 1.29 is 63.6 Å². The lowest BCUT2D eigenvalue weighted by Gasteiger charge is -2.30. The predicted octanol–water partition coefficient (Wildman–Crippen LogP) is 11.0. The van der Waals surface area contributed by atoms with Gasteiger partial charge in [0.25, 0.3) is 0 Å². The van der Waals surface area contributed by atoms with Gasteiger partial charge in [0.1, 0.15) is 34.6 Å². The van der Waals surface area contributed by atoms with Gasteiger partial charge in [-0.1, -0.05) is 13.2 Å². The molecule has 0 fully saturated rings. The van der Waals surface area contributed by atoms with Crippen molar-refractivity contribution >= 4 is 22.5 Å². The molecule has 0 aromatic heterocycles. The number of hydrogen-bond acceptors (Lipinski definition) is 4. The molecular formula is C38H20F10N2O4. The number of hydrogen-bond donors (Lipinski definition) is 2. The number of aliphatic hydroxyl groups is 2. The van der Waals surface area contributed by atoms with Crippen molar-refractivity contribution in [1.29, 1.82) is 0 Å². The van der Waals surface area contributed by atoms with Crippen molar-refractivity contribution in [2.45, 2.75) is 47.7 Å². The van der Waals surface area contributed by atoms with Crippen LogP contribution >= 0.6 is 0 Å². The number of ether oxygens (including phenoxy) is 2. The minimum Gasteiger partial charge on any atom is -0.458 e. The summed E-state index contributed by atoms with van der Waals surface area (Å²) in [5.41, 5.74) is -9.84. The van der Waals surface area contributed by atoms with E-state index < -0.39 is 81.6 Å². The fourth-order valence-corrected chi connectivity index (χ4v) is 7.38. The Hall–Kier alpha value is -5.84. The lowest BCUT2D eigenvalue weighted by atomic mass is 9.94. The number of benzene rings is 4. The largest absolute Gasteiger partial charge is 0.458 e. The molecule has 0 radical (unpaired) electrons. The molecule has 16 heteroatoms. The Morgan fingerprint density at radius 2 is 0.926 bits per heavy atom. The third kappa shape index (κ3) is 4.66. The van der Waals surface area contributed by atoms with E-state index in [1.807, 2.05) is 0 Å². The predicted molar refractivity (Wildman–Crippen MR) is 171 cm³/mol. The molecular weight excluding hydrogens is 738 g/mol. The quantitative estimate of drug-likeness (QED) is 0.161. The SMILES string of the molecule is [C-]#[N+]c1cc(F)cc(Oc2ccc3c4c2C(=C)C[C@@]4(O)C(F)(F)C3(F)F)c1.[C-]#[N+]c1cc(F)cc(Oc2ccc3c4c2C(=C)C[C@]4(O)C(F)(F)C3(F)F)c1. The van der Waals surface area contributed by atoms with Gasteiger partial charge in [0.05, 0.1) is 13.1 Å². The van der Waals surface area contributed by atoms with Gasteiger partial charge in [0.2, 0.25) is 0 Å². The van der Waals surface area contributed by atoms with Gasteiger partial charge >= 0.3 is 23.7 Å². The zero-order valence-corrected chi connectivity index (χ0v) is 27.0. The van der Waals surface area contributed by atoms with Gasteiger partial charge in [-0.05, 0) is 59.7 Å². The Morgan fingerprint density at radius 1 is 0.574 bits per heavy atom. The van der Waals surface area contributed by atoms with Gasteiger partial charge in [0.15, 0.2) is 22.6 Å². The normalized spacial score (nSPS) is 23.8. The van der Waals surface area contributed by atoms with Crippen molar-refractivity contribution in [3.05, 3.63) is 142 Å². The summed E-state index contributed by atoms with van der Waals surface area (Å²) in [7, 11) is 0. The maximum absolute atomic E-state index is 14.3. The van der Waals surface area contributed by atoms with Crippen LogP contribution in [0, 0.1) is 24.8 Å². The number of alkyl halides is 8. The van der Waals surface area contributed by atoms with Crippen LogP contribution < -0.4 is 9.47 Å². The highest BCUT2D eigenvalue weighted by atomic mass is 19.3. The van der Waals surface area contributed by atoms with Gasteiger partial charge in [-0.3, -0.25) is 0 Å². The molecule has 276 valence electrons. The highest BCUT2D eigenvalue weighted by Crippen LogP contribution is 2.69. The molecule has 2 atom stereocenters. The summed E-state index contributed by atoms with van der Waals surface area (Å²) in [5, 5.41) is 20.8. The third-order valence-electron chi connectivity index (χ3n) is 9.74. The maximum atomic E-state index is 14.3. The number of nitrogens with zero attached hydrogens (tertiary/aromatic N) is 2. The minimum absolute atomic E-state index is 0.00123. The average Bonchev–Trinajstić information content (AvgIpc) is 3.61. The zero-order valence-electron chi connectivity index (χ0n) is 27.0. The van der Waals surface area contributed by atoms with Crippen LogP contribution in [0.3, 0.4) is 0 Å². The smallest absolute Gasteiger partial charge is 0.346 e. The van der Waals surface area contributed by atoms with Gasteiger partial charge < -0.3 is 19.7 Å². The topological polar surface area (TPSA) is 67.6 Å². The van der Waals surface area contributed by atoms with Crippen molar-refractivity contribution in [2.24, 2.45) is 0 Å². The lowest BCUT2D eigenvalue weighted by molar-refractivity contribution is -0.283. The molecule has 0 heterocycles. The van der Waals surface area contributed by atoms with Gasteiger partial charge in [-0.15, -0.1) is 0 Å². The van der Waals surface area contributed by atoms with Crippen LogP contribution in [0.15, 0.2) is 73.8 Å². The summed E-state index contributed by atoms with van der Waals surface area (Å²) in [4.78, 5) is 6.16. The maximum Gasteiger partial charge on any atom is 0.346 e. The second-order valence-corrected chi connectivity index (χ2v) is 13.0. The van der Waals surface area contributed by atoms with Crippen LogP contribution in [0.1, 0.15) is 46.2 Å². The van der Waals surface area contributed by atoms with E-state index in [0.717, 1.165) is 48.5 Å². The molecule has 54 heavy (non-hydrogen) atoms. The molecule has 0 amide bonds. The van der Waals surface area contributed by atoms with Crippen LogP contribution in [-0.2, 0) is 23.0 Å². The van der Waals surface area contributed by atoms with E-state index in [1.54, 1.807) is 0 Å². The second kappa shape index (κ2) is 11.3. The first-order valence-corrected chi connectivity index (χ1v) is 15.5. The fraction of sp³-hybridized carbons (Fsp3) is 0.211. The van der Waals surface area contributed by atoms with Crippen LogP contribution in [0.2, 0.25) is 0 Å². The third-order valence-corrected chi connectivity index (χ3v) is 9.74. The average molecular weight is 759 g/mol. The number of halogens is 10. The first-order chi connectivity index (χ1) is 25.1. The van der Waals surface area contributed by atoms with Crippen molar-refractivity contribution in [3.63, 3.8) is 0 Å². The molecule has 0 bridgehead atoms. The Bertz CT molecular complexity index is 2280. The molecule has 0 spiro atoms. The number of rotatable bonds is 4. The summed E-state index contributed by atoms with van der Waals surface area (Å²) in [6.45, 7) is 21.1. The summed E-state index contributed by atoms with van der Waals surface area (Å²) in [5.74, 6) is -20.6. The van der Waals surface area contributed by atoms with Crippen LogP contribution in [-0.4, -0.2) is 22.1 Å². The van der Waals surface area contributed by atoms with Crippen LogP contribution in [0.5, 0.6) is 23.0 Å². The molecule has 0 saturated heterocycles. The molecule has 2 N–H and O–H groups in total. The fourth-order valence-electron chi connectivity index (χ4n) is 7.38. The van der Waals surface area contributed by atoms with Crippen molar-refractivity contribution in [3.8, 4) is 23.0 Å². The molecule has 4 aliphatic rings. The Morgan fingerprint density at radius 3 is 1.26 bits per heavy atom. The summed E-state index contributed by atoms with van der Waals surface area (Å²) in [6.07, 6.45) is -1.57. The highest BCUT2D eigenvalue weighted by Gasteiger charge is 2.79. The molecule has 0 saturated carbocycles. The Labute approximate surface area is 298 Å². The molecule has 4 aromatic carbocycles. The summed E-state index contributed by atoms with van der Waals surface area (Å²) < 4.78 is 152. The Balaban J connectivity index is 0.000000167. The summed E-state index contributed by atoms with van der Waals surface area (Å²) in [6, 6.07) is 9.89. The Kier molecular flexibility index (Phi) is 7.66. The highest BCUT2D eigenvalue weighted by molar-refractivity contribution is 5.83. The van der Waals surface area contributed by atoms with Crippen LogP contribution in [0.4, 0.5) is 55.3 Å². The van der Waals surface area contributed by atoms with Crippen molar-refractivity contribution in [2.75, 3.05) is 0 Å². The molecule has 8 rings (SSSR count). The molecule has 0 aliphatic heterocycles. The second-order valence-electron chi connectivity index (χ2n) is 13.0. The van der Waals surface area contributed by atoms with E-state index in [1.165, 1.54) is 12.1 Å². The first kappa shape index (κ1) is 36.5. The standard InChI is InChI=1S/2C19H10F5NO2/c2*1-9-8-17(26)16-13(18(21,22)19(17,23)24)3-4-14(15(9)16)27-12-6-10(20)5-11(7-12)25-2/h2*3-7,26H,1,8H2/t2*17-/m10/s1. The van der Waals surface area contributed by atoms with E-state index in [2.05, 4.69) is 22.8 Å². The van der Waals surface area contributed by atoms with E-state index >= 15 is 0 Å². The molecule has 0 unspecified atom stereocenters. The minimum atomic E-state index is -4.72. The lowest BCUT2D eigenvalue weighted by Crippen LogP contribution is -2.47. The van der Waals surface area contributed by atoms with E-state index in [9.17, 15) is 54.1 Å². The van der Waals surface area contributed by atoms with Crippen LogP contribution in [0.25, 0.3) is 20.8 Å². The van der Waals surface area contributed by atoms with Gasteiger partial charge in [0, 0.05) is 58.4 Å². The van der Waals surface area contributed by atoms with Gasteiger partial charge in [-0.2, -0.15) is 35.1 Å². The molecule has 4 aromatic rings. The van der Waals surface area contributed by atoms with Crippen molar-refractivity contribution in [1.82, 2.24) is 0 Å². The molecule has 4 aliphatic carbocycles. The van der Waals surface area contributed by atoms with E-state index in [0.29, 0.717) is 0 Å². The zero-order chi connectivity index (χ0) is 39.6. The first-order valence-electron chi connectivity index (χ1n) is 15.5. The molecule has 6 nitrogen and oxygen atoms in total. The van der Waals surface area contributed by atoms with Gasteiger partial charge in [-0.25, -0.2) is 18.5 Å². The summed E-state index contributed by atoms with van der Waals surface area (Å²) >= 11 is 0. The van der Waals surface area contributed by atoms with E-state index in [-0.39, 0.29) is 56.6 Å². The van der Waals surface area contributed by atoms with E-state index in [4.69, 9.17) is 22.6 Å². The monoisotopic (exact) mass is 758 g/mol.